The fourth-order valence-corrected chi connectivity index (χ4v) is 6.09. The van der Waals surface area contributed by atoms with Crippen LogP contribution in [0.15, 0.2) is 10.3 Å². The van der Waals surface area contributed by atoms with Crippen molar-refractivity contribution < 1.29 is 18.1 Å². The van der Waals surface area contributed by atoms with Crippen molar-refractivity contribution in [3.8, 4) is 0 Å². The lowest BCUT2D eigenvalue weighted by Crippen LogP contribution is -2.48. The maximum Gasteiger partial charge on any atom is 0.305 e. The van der Waals surface area contributed by atoms with Gasteiger partial charge in [-0.05, 0) is 32.6 Å². The zero-order valence-corrected chi connectivity index (χ0v) is 17.6. The number of hydrogen-bond donors (Lipinski definition) is 0. The van der Waals surface area contributed by atoms with E-state index in [9.17, 15) is 18.5 Å². The zero-order valence-electron chi connectivity index (χ0n) is 16.0. The molecule has 0 spiro atoms. The van der Waals surface area contributed by atoms with E-state index >= 15 is 0 Å². The molecule has 8 nitrogen and oxygen atoms in total. The molecule has 0 saturated carbocycles. The Balaban J connectivity index is 1.64. The molecule has 0 aromatic carbocycles. The highest BCUT2D eigenvalue weighted by Gasteiger charge is 2.31. The zero-order chi connectivity index (χ0) is 19.8. The van der Waals surface area contributed by atoms with Crippen LogP contribution in [0, 0.1) is 16.0 Å². The van der Waals surface area contributed by atoms with E-state index in [0.29, 0.717) is 24.0 Å². The molecule has 10 heteroatoms. The first-order valence-corrected chi connectivity index (χ1v) is 12.0. The Bertz CT molecular complexity index is 776. The normalized spacial score (nSPS) is 25.7. The molecule has 0 radical (unpaired) electrons. The fourth-order valence-electron chi connectivity index (χ4n) is 4.01. The predicted molar refractivity (Wildman–Crippen MR) is 105 cm³/mol. The SMILES string of the molecule is CC1CN(CC2CCN(c3sc(S(C)(=O)=O)cc3[N+](=O)[O-])CC2)CC(C)O1. The van der Waals surface area contributed by atoms with Crippen LogP contribution in [0.1, 0.15) is 26.7 Å². The lowest BCUT2D eigenvalue weighted by molar-refractivity contribution is -0.383. The van der Waals surface area contributed by atoms with Crippen LogP contribution in [0.2, 0.25) is 0 Å². The van der Waals surface area contributed by atoms with Crippen LogP contribution >= 0.6 is 11.3 Å². The summed E-state index contributed by atoms with van der Waals surface area (Å²) in [6, 6.07) is 1.19. The van der Waals surface area contributed by atoms with Crippen molar-refractivity contribution in [3.63, 3.8) is 0 Å². The van der Waals surface area contributed by atoms with Gasteiger partial charge in [-0.3, -0.25) is 15.0 Å². The number of anilines is 1. The third-order valence-corrected chi connectivity index (χ3v) is 8.13. The summed E-state index contributed by atoms with van der Waals surface area (Å²) < 4.78 is 29.4. The van der Waals surface area contributed by atoms with Gasteiger partial charge in [0.15, 0.2) is 14.8 Å². The van der Waals surface area contributed by atoms with Gasteiger partial charge in [-0.25, -0.2) is 8.42 Å². The van der Waals surface area contributed by atoms with Crippen molar-refractivity contribution in [2.24, 2.45) is 5.92 Å². The molecule has 3 rings (SSSR count). The Morgan fingerprint density at radius 2 is 1.85 bits per heavy atom. The van der Waals surface area contributed by atoms with Crippen molar-refractivity contribution in [1.82, 2.24) is 4.90 Å². The topological polar surface area (TPSA) is 93.0 Å². The molecule has 2 aliphatic heterocycles. The molecule has 2 unspecified atom stereocenters. The molecule has 27 heavy (non-hydrogen) atoms. The molecule has 0 N–H and O–H groups in total. The summed E-state index contributed by atoms with van der Waals surface area (Å²) in [4.78, 5) is 15.3. The first kappa shape index (κ1) is 20.5. The first-order chi connectivity index (χ1) is 12.6. The molecule has 0 aliphatic carbocycles. The quantitative estimate of drug-likeness (QED) is 0.536. The van der Waals surface area contributed by atoms with Crippen LogP contribution < -0.4 is 4.90 Å². The second-order valence-corrected chi connectivity index (χ2v) is 11.0. The van der Waals surface area contributed by atoms with Crippen molar-refractivity contribution >= 4 is 31.9 Å². The van der Waals surface area contributed by atoms with Gasteiger partial charge in [-0.15, -0.1) is 0 Å². The summed E-state index contributed by atoms with van der Waals surface area (Å²) in [5.74, 6) is 0.548. The van der Waals surface area contributed by atoms with Gasteiger partial charge in [0, 0.05) is 45.0 Å². The van der Waals surface area contributed by atoms with Gasteiger partial charge in [0.05, 0.1) is 17.1 Å². The average molecular weight is 418 g/mol. The number of hydrogen-bond acceptors (Lipinski definition) is 8. The molecule has 0 amide bonds. The molecular weight excluding hydrogens is 390 g/mol. The molecule has 152 valence electrons. The second-order valence-electron chi connectivity index (χ2n) is 7.69. The number of morpholine rings is 1. The number of thiophene rings is 1. The lowest BCUT2D eigenvalue weighted by Gasteiger charge is -2.39. The molecule has 2 atom stereocenters. The van der Waals surface area contributed by atoms with E-state index in [-0.39, 0.29) is 22.1 Å². The van der Waals surface area contributed by atoms with Gasteiger partial charge in [0.1, 0.15) is 4.21 Å². The summed E-state index contributed by atoms with van der Waals surface area (Å²) in [6.07, 6.45) is 3.48. The van der Waals surface area contributed by atoms with Crippen LogP contribution in [0.25, 0.3) is 0 Å². The molecular formula is C17H27N3O5S2. The fraction of sp³-hybridized carbons (Fsp3) is 0.765. The Morgan fingerprint density at radius 3 is 2.37 bits per heavy atom. The van der Waals surface area contributed by atoms with Gasteiger partial charge in [0.25, 0.3) is 0 Å². The Kier molecular flexibility index (Phi) is 6.09. The van der Waals surface area contributed by atoms with Crippen LogP contribution in [0.5, 0.6) is 0 Å². The minimum absolute atomic E-state index is 0.0580. The lowest BCUT2D eigenvalue weighted by atomic mass is 9.95. The van der Waals surface area contributed by atoms with E-state index in [2.05, 4.69) is 18.7 Å². The highest BCUT2D eigenvalue weighted by atomic mass is 32.2. The second kappa shape index (κ2) is 8.02. The highest BCUT2D eigenvalue weighted by Crippen LogP contribution is 2.41. The number of sulfone groups is 1. The van der Waals surface area contributed by atoms with Gasteiger partial charge >= 0.3 is 5.69 Å². The van der Waals surface area contributed by atoms with Gasteiger partial charge < -0.3 is 9.64 Å². The molecule has 0 bridgehead atoms. The Hall–Kier alpha value is -1.23. The van der Waals surface area contributed by atoms with E-state index in [1.807, 2.05) is 4.90 Å². The van der Waals surface area contributed by atoms with E-state index < -0.39 is 14.8 Å². The van der Waals surface area contributed by atoms with Gasteiger partial charge in [-0.2, -0.15) is 0 Å². The number of piperidine rings is 1. The van der Waals surface area contributed by atoms with Crippen LogP contribution in [0.4, 0.5) is 10.7 Å². The molecule has 2 fully saturated rings. The number of rotatable bonds is 5. The van der Waals surface area contributed by atoms with Crippen molar-refractivity contribution in [2.45, 2.75) is 43.1 Å². The molecule has 3 heterocycles. The van der Waals surface area contributed by atoms with Gasteiger partial charge in [0.2, 0.25) is 0 Å². The summed E-state index contributed by atoms with van der Waals surface area (Å²) in [7, 11) is -3.45. The maximum absolute atomic E-state index is 11.8. The van der Waals surface area contributed by atoms with E-state index in [1.165, 1.54) is 6.07 Å². The maximum atomic E-state index is 11.8. The molecule has 2 saturated heterocycles. The van der Waals surface area contributed by atoms with Crippen molar-refractivity contribution in [3.05, 3.63) is 16.2 Å². The number of nitro groups is 1. The average Bonchev–Trinajstić information content (AvgIpc) is 3.00. The summed E-state index contributed by atoms with van der Waals surface area (Å²) in [5, 5.41) is 11.8. The largest absolute Gasteiger partial charge is 0.373 e. The Labute approximate surface area is 164 Å². The molecule has 2 aliphatic rings. The number of nitrogens with zero attached hydrogens (tertiary/aromatic N) is 3. The first-order valence-electron chi connectivity index (χ1n) is 9.24. The summed E-state index contributed by atoms with van der Waals surface area (Å²) in [5.41, 5.74) is -0.102. The third kappa shape index (κ3) is 4.98. The smallest absolute Gasteiger partial charge is 0.305 e. The summed E-state index contributed by atoms with van der Waals surface area (Å²) >= 11 is 1.01. The minimum atomic E-state index is -3.45. The Morgan fingerprint density at radius 1 is 1.26 bits per heavy atom. The van der Waals surface area contributed by atoms with E-state index in [4.69, 9.17) is 4.74 Å². The van der Waals surface area contributed by atoms with Gasteiger partial charge in [-0.1, -0.05) is 11.3 Å². The summed E-state index contributed by atoms with van der Waals surface area (Å²) in [6.45, 7) is 8.53. The monoisotopic (exact) mass is 417 g/mol. The van der Waals surface area contributed by atoms with Crippen LogP contribution in [0.3, 0.4) is 0 Å². The molecule has 1 aromatic heterocycles. The van der Waals surface area contributed by atoms with E-state index in [0.717, 1.165) is 50.1 Å². The standard InChI is InChI=1S/C17H27N3O5S2/c1-12-9-18(10-13(2)25-12)11-14-4-6-19(7-5-14)17-15(20(21)22)8-16(26-17)27(3,23)24/h8,12-14H,4-7,9-11H2,1-3H3. The van der Waals surface area contributed by atoms with Crippen LogP contribution in [-0.4, -0.2) is 69.4 Å². The van der Waals surface area contributed by atoms with Crippen molar-refractivity contribution in [2.75, 3.05) is 43.9 Å². The van der Waals surface area contributed by atoms with E-state index in [1.54, 1.807) is 0 Å². The predicted octanol–water partition coefficient (Wildman–Crippen LogP) is 2.39. The molecule has 1 aromatic rings. The number of ether oxygens (including phenoxy) is 1. The van der Waals surface area contributed by atoms with Crippen molar-refractivity contribution in [1.29, 1.82) is 0 Å². The minimum Gasteiger partial charge on any atom is -0.373 e. The van der Waals surface area contributed by atoms with Crippen LogP contribution in [-0.2, 0) is 14.6 Å². The third-order valence-electron chi connectivity index (χ3n) is 5.15. The highest BCUT2D eigenvalue weighted by molar-refractivity contribution is 7.92.